The van der Waals surface area contributed by atoms with Gasteiger partial charge in [0.25, 0.3) is 0 Å². The third kappa shape index (κ3) is 2.68. The van der Waals surface area contributed by atoms with Crippen molar-refractivity contribution in [3.8, 4) is 0 Å². The van der Waals surface area contributed by atoms with Gasteiger partial charge in [-0.1, -0.05) is 0 Å². The summed E-state index contributed by atoms with van der Waals surface area (Å²) in [5.41, 5.74) is -1.29. The topological polar surface area (TPSA) is 67.9 Å². The zero-order valence-corrected chi connectivity index (χ0v) is 12.0. The van der Waals surface area contributed by atoms with E-state index in [4.69, 9.17) is 9.47 Å². The Labute approximate surface area is 113 Å². The maximum atomic E-state index is 12.2. The van der Waals surface area contributed by atoms with Crippen LogP contribution in [0.2, 0.25) is 0 Å². The summed E-state index contributed by atoms with van der Waals surface area (Å²) in [6.45, 7) is 6.43. The van der Waals surface area contributed by atoms with Crippen molar-refractivity contribution in [1.29, 1.82) is 0 Å². The van der Waals surface area contributed by atoms with E-state index in [1.165, 1.54) is 7.11 Å². The Balaban J connectivity index is 2.12. The number of hydrogen-bond donors (Lipinski definition) is 1. The molecule has 2 bridgehead atoms. The van der Waals surface area contributed by atoms with Gasteiger partial charge in [-0.2, -0.15) is 0 Å². The fraction of sp³-hybridized carbons (Fsp3) is 0.846. The number of piperazine rings is 1. The Kier molecular flexibility index (Phi) is 3.47. The molecule has 0 radical (unpaired) electrons. The summed E-state index contributed by atoms with van der Waals surface area (Å²) in [5, 5.41) is 3.21. The SMILES string of the molecule is COC(=O)C12CCC(CN1)N(C(=O)OC(C)(C)C)C2. The molecule has 0 spiro atoms. The number of esters is 1. The zero-order chi connectivity index (χ0) is 14.3. The number of methoxy groups -OCH3 is 1. The van der Waals surface area contributed by atoms with Crippen molar-refractivity contribution in [2.45, 2.75) is 50.8 Å². The third-order valence-corrected chi connectivity index (χ3v) is 3.67. The number of carbonyl (C=O) groups is 2. The average Bonchev–Trinajstić information content (AvgIpc) is 2.37. The summed E-state index contributed by atoms with van der Waals surface area (Å²) < 4.78 is 10.3. The van der Waals surface area contributed by atoms with Gasteiger partial charge in [-0.25, -0.2) is 9.59 Å². The Hall–Kier alpha value is -1.30. The van der Waals surface area contributed by atoms with Gasteiger partial charge in [0.1, 0.15) is 11.1 Å². The van der Waals surface area contributed by atoms with E-state index in [0.717, 1.165) is 6.42 Å². The first-order valence-electron chi connectivity index (χ1n) is 6.60. The first kappa shape index (κ1) is 14.1. The number of nitrogens with one attached hydrogen (secondary N) is 1. The highest BCUT2D eigenvalue weighted by Gasteiger charge is 2.52. The largest absolute Gasteiger partial charge is 0.468 e. The lowest BCUT2D eigenvalue weighted by Gasteiger charge is -2.51. The van der Waals surface area contributed by atoms with Crippen molar-refractivity contribution in [2.75, 3.05) is 20.2 Å². The Morgan fingerprint density at radius 1 is 1.37 bits per heavy atom. The predicted molar refractivity (Wildman–Crippen MR) is 68.7 cm³/mol. The summed E-state index contributed by atoms with van der Waals surface area (Å²) in [5.74, 6) is -0.306. The predicted octanol–water partition coefficient (Wildman–Crippen LogP) is 0.901. The number of rotatable bonds is 1. The number of piperidine rings is 2. The van der Waals surface area contributed by atoms with Crippen molar-refractivity contribution < 1.29 is 19.1 Å². The molecule has 6 heteroatoms. The summed E-state index contributed by atoms with van der Waals surface area (Å²) >= 11 is 0. The van der Waals surface area contributed by atoms with E-state index < -0.39 is 11.1 Å². The summed E-state index contributed by atoms with van der Waals surface area (Å²) in [6, 6.07) is 0.0985. The molecule has 0 aromatic heterocycles. The average molecular weight is 270 g/mol. The van der Waals surface area contributed by atoms with Crippen molar-refractivity contribution in [1.82, 2.24) is 10.2 Å². The van der Waals surface area contributed by atoms with Crippen molar-refractivity contribution >= 4 is 12.1 Å². The Morgan fingerprint density at radius 2 is 2.05 bits per heavy atom. The van der Waals surface area contributed by atoms with Crippen LogP contribution >= 0.6 is 0 Å². The van der Waals surface area contributed by atoms with Crippen LogP contribution in [0.5, 0.6) is 0 Å². The van der Waals surface area contributed by atoms with E-state index in [2.05, 4.69) is 5.32 Å². The molecule has 108 valence electrons. The molecule has 19 heavy (non-hydrogen) atoms. The van der Waals surface area contributed by atoms with E-state index in [0.29, 0.717) is 19.5 Å². The van der Waals surface area contributed by atoms with Gasteiger partial charge in [0.05, 0.1) is 13.7 Å². The number of nitrogens with zero attached hydrogens (tertiary/aromatic N) is 1. The molecule has 1 amide bonds. The number of ether oxygens (including phenoxy) is 2. The van der Waals surface area contributed by atoms with E-state index in [-0.39, 0.29) is 18.1 Å². The molecular weight excluding hydrogens is 248 g/mol. The van der Waals surface area contributed by atoms with Crippen LogP contribution in [-0.4, -0.2) is 54.3 Å². The van der Waals surface area contributed by atoms with Gasteiger partial charge in [-0.15, -0.1) is 0 Å². The maximum absolute atomic E-state index is 12.2. The molecule has 0 aromatic carbocycles. The van der Waals surface area contributed by atoms with Gasteiger partial charge in [-0.05, 0) is 33.6 Å². The number of hydrogen-bond acceptors (Lipinski definition) is 5. The number of fused-ring (bicyclic) bond motifs is 3. The van der Waals surface area contributed by atoms with E-state index in [1.807, 2.05) is 20.8 Å². The smallest absolute Gasteiger partial charge is 0.410 e. The normalized spacial score (nSPS) is 30.1. The minimum atomic E-state index is -0.763. The lowest BCUT2D eigenvalue weighted by atomic mass is 9.81. The molecule has 2 atom stereocenters. The van der Waals surface area contributed by atoms with Gasteiger partial charge in [-0.3, -0.25) is 5.32 Å². The van der Waals surface area contributed by atoms with Crippen LogP contribution in [0.25, 0.3) is 0 Å². The molecule has 3 aliphatic rings. The molecule has 3 heterocycles. The highest BCUT2D eigenvalue weighted by molar-refractivity contribution is 5.83. The minimum absolute atomic E-state index is 0.0985. The molecule has 3 saturated heterocycles. The number of carbonyl (C=O) groups excluding carboxylic acids is 2. The van der Waals surface area contributed by atoms with Crippen LogP contribution in [0.1, 0.15) is 33.6 Å². The molecule has 3 aliphatic heterocycles. The second-order valence-corrected chi connectivity index (χ2v) is 6.26. The van der Waals surface area contributed by atoms with Gasteiger partial charge in [0.15, 0.2) is 0 Å². The second kappa shape index (κ2) is 4.67. The molecule has 0 saturated carbocycles. The lowest BCUT2D eigenvalue weighted by molar-refractivity contribution is -0.154. The van der Waals surface area contributed by atoms with Crippen molar-refractivity contribution in [2.24, 2.45) is 0 Å². The van der Waals surface area contributed by atoms with Gasteiger partial charge in [0, 0.05) is 12.6 Å². The highest BCUT2D eigenvalue weighted by Crippen LogP contribution is 2.32. The van der Waals surface area contributed by atoms with E-state index in [9.17, 15) is 9.59 Å². The summed E-state index contributed by atoms with van der Waals surface area (Å²) in [6.07, 6.45) is 1.14. The van der Waals surface area contributed by atoms with Crippen LogP contribution in [-0.2, 0) is 14.3 Å². The molecule has 3 rings (SSSR count). The molecule has 0 aromatic rings. The zero-order valence-electron chi connectivity index (χ0n) is 12.0. The second-order valence-electron chi connectivity index (χ2n) is 6.26. The highest BCUT2D eigenvalue weighted by atomic mass is 16.6. The number of amides is 1. The monoisotopic (exact) mass is 270 g/mol. The quantitative estimate of drug-likeness (QED) is 0.717. The first-order valence-corrected chi connectivity index (χ1v) is 6.60. The third-order valence-electron chi connectivity index (χ3n) is 3.67. The standard InChI is InChI=1S/C13H22N2O4/c1-12(2,3)19-11(17)15-8-13(10(16)18-4)6-5-9(15)7-14-13/h9,14H,5-8H2,1-4H3. The Morgan fingerprint density at radius 3 is 2.53 bits per heavy atom. The Bertz CT molecular complexity index is 381. The maximum Gasteiger partial charge on any atom is 0.410 e. The van der Waals surface area contributed by atoms with Crippen LogP contribution < -0.4 is 5.32 Å². The molecular formula is C13H22N2O4. The van der Waals surface area contributed by atoms with Crippen LogP contribution in [0, 0.1) is 0 Å². The minimum Gasteiger partial charge on any atom is -0.468 e. The molecule has 1 N–H and O–H groups in total. The van der Waals surface area contributed by atoms with Gasteiger partial charge < -0.3 is 14.4 Å². The molecule has 6 nitrogen and oxygen atoms in total. The van der Waals surface area contributed by atoms with Crippen molar-refractivity contribution in [3.05, 3.63) is 0 Å². The van der Waals surface area contributed by atoms with Gasteiger partial charge in [0.2, 0.25) is 0 Å². The van der Waals surface area contributed by atoms with Crippen LogP contribution in [0.15, 0.2) is 0 Å². The summed E-state index contributed by atoms with van der Waals surface area (Å²) in [7, 11) is 1.37. The molecule has 2 unspecified atom stereocenters. The molecule has 3 fully saturated rings. The molecule has 0 aliphatic carbocycles. The first-order chi connectivity index (χ1) is 8.77. The van der Waals surface area contributed by atoms with Crippen LogP contribution in [0.3, 0.4) is 0 Å². The summed E-state index contributed by atoms with van der Waals surface area (Å²) in [4.78, 5) is 25.8. The van der Waals surface area contributed by atoms with Gasteiger partial charge >= 0.3 is 12.1 Å². The van der Waals surface area contributed by atoms with Crippen molar-refractivity contribution in [3.63, 3.8) is 0 Å². The fourth-order valence-electron chi connectivity index (χ4n) is 2.71. The van der Waals surface area contributed by atoms with E-state index in [1.54, 1.807) is 4.90 Å². The van der Waals surface area contributed by atoms with E-state index >= 15 is 0 Å². The fourth-order valence-corrected chi connectivity index (χ4v) is 2.71. The van der Waals surface area contributed by atoms with Crippen LogP contribution in [0.4, 0.5) is 4.79 Å². The lowest BCUT2D eigenvalue weighted by Crippen LogP contribution is -2.73.